The summed E-state index contributed by atoms with van der Waals surface area (Å²) in [6.45, 7) is 2.95. The van der Waals surface area contributed by atoms with Gasteiger partial charge in [-0.2, -0.15) is 0 Å². The van der Waals surface area contributed by atoms with Gasteiger partial charge in [-0.05, 0) is 91.4 Å². The standard InChI is InChI=1S/C33H37NO4/c1-3-4-5-6-19-37-26-12-14-27(15-13-26)38-33-31-20-25(24-9-7-23(22-35)8-10-24)11-17-29(31)30-18-16-28(36-2)21-32(30)34-33/h11-18,20-24H,3-10,19H2,1-2H3. The number of nitrogens with zero attached hydrogens (tertiary/aromatic N) is 1. The molecule has 38 heavy (non-hydrogen) atoms. The summed E-state index contributed by atoms with van der Waals surface area (Å²) >= 11 is 0. The lowest BCUT2D eigenvalue weighted by Crippen LogP contribution is -2.14. The van der Waals surface area contributed by atoms with Crippen LogP contribution in [0.1, 0.15) is 69.8 Å². The number of hydrogen-bond donors (Lipinski definition) is 0. The second-order valence-corrected chi connectivity index (χ2v) is 10.3. The number of hydrogen-bond acceptors (Lipinski definition) is 5. The van der Waals surface area contributed by atoms with Crippen molar-refractivity contribution in [2.24, 2.45) is 5.92 Å². The van der Waals surface area contributed by atoms with Crippen LogP contribution in [-0.4, -0.2) is 25.0 Å². The molecule has 1 fully saturated rings. The van der Waals surface area contributed by atoms with Crippen LogP contribution in [-0.2, 0) is 4.79 Å². The van der Waals surface area contributed by atoms with Gasteiger partial charge in [0.15, 0.2) is 0 Å². The molecule has 198 valence electrons. The predicted octanol–water partition coefficient (Wildman–Crippen LogP) is 8.62. The van der Waals surface area contributed by atoms with Crippen molar-refractivity contribution in [2.75, 3.05) is 13.7 Å². The normalized spacial score (nSPS) is 17.4. The number of benzene rings is 3. The lowest BCUT2D eigenvalue weighted by molar-refractivity contribution is -0.111. The van der Waals surface area contributed by atoms with E-state index in [0.717, 1.165) is 83.9 Å². The minimum Gasteiger partial charge on any atom is -0.497 e. The maximum atomic E-state index is 11.2. The molecule has 5 heteroatoms. The van der Waals surface area contributed by atoms with Gasteiger partial charge in [-0.15, -0.1) is 0 Å². The minimum atomic E-state index is 0.203. The second kappa shape index (κ2) is 12.3. The first-order chi connectivity index (χ1) is 18.7. The first kappa shape index (κ1) is 26.0. The van der Waals surface area contributed by atoms with E-state index in [-0.39, 0.29) is 5.92 Å². The molecule has 5 nitrogen and oxygen atoms in total. The molecule has 0 N–H and O–H groups in total. The van der Waals surface area contributed by atoms with Crippen molar-refractivity contribution in [3.05, 3.63) is 66.2 Å². The highest BCUT2D eigenvalue weighted by Gasteiger charge is 2.23. The van der Waals surface area contributed by atoms with Crippen LogP contribution in [0.4, 0.5) is 0 Å². The third kappa shape index (κ3) is 5.93. The zero-order chi connectivity index (χ0) is 26.3. The van der Waals surface area contributed by atoms with Crippen LogP contribution >= 0.6 is 0 Å². The van der Waals surface area contributed by atoms with E-state index in [1.54, 1.807) is 7.11 Å². The van der Waals surface area contributed by atoms with Gasteiger partial charge in [-0.3, -0.25) is 0 Å². The molecule has 1 aliphatic rings. The summed E-state index contributed by atoms with van der Waals surface area (Å²) in [6, 6.07) is 20.4. The first-order valence-corrected chi connectivity index (χ1v) is 14.0. The van der Waals surface area contributed by atoms with Crippen LogP contribution in [0.5, 0.6) is 23.1 Å². The van der Waals surface area contributed by atoms with Gasteiger partial charge in [0.1, 0.15) is 23.5 Å². The van der Waals surface area contributed by atoms with Crippen LogP contribution in [0.3, 0.4) is 0 Å². The average molecular weight is 512 g/mol. The van der Waals surface area contributed by atoms with Crippen LogP contribution in [0, 0.1) is 5.92 Å². The van der Waals surface area contributed by atoms with E-state index in [4.69, 9.17) is 19.2 Å². The number of carbonyl (C=O) groups is 1. The molecular weight excluding hydrogens is 474 g/mol. The Labute approximate surface area is 225 Å². The summed E-state index contributed by atoms with van der Waals surface area (Å²) in [6.07, 6.45) is 9.83. The Morgan fingerprint density at radius 3 is 2.29 bits per heavy atom. The molecule has 1 aliphatic carbocycles. The monoisotopic (exact) mass is 511 g/mol. The molecule has 4 aromatic rings. The van der Waals surface area contributed by atoms with Crippen molar-refractivity contribution in [1.29, 1.82) is 0 Å². The van der Waals surface area contributed by atoms with E-state index in [1.165, 1.54) is 24.8 Å². The number of rotatable bonds is 11. The minimum absolute atomic E-state index is 0.203. The number of ether oxygens (including phenoxy) is 3. The third-order valence-corrected chi connectivity index (χ3v) is 7.73. The summed E-state index contributed by atoms with van der Waals surface area (Å²) in [7, 11) is 1.67. The van der Waals surface area contributed by atoms with E-state index in [1.807, 2.05) is 36.4 Å². The van der Waals surface area contributed by atoms with E-state index in [2.05, 4.69) is 31.2 Å². The Morgan fingerprint density at radius 2 is 1.55 bits per heavy atom. The number of aromatic nitrogens is 1. The SMILES string of the molecule is CCCCCCOc1ccc(Oc2nc3cc(OC)ccc3c3ccc(C4CCC(C=O)CC4)cc23)cc1. The number of unbranched alkanes of at least 4 members (excludes halogenated alkanes) is 3. The van der Waals surface area contributed by atoms with Crippen LogP contribution in [0.2, 0.25) is 0 Å². The van der Waals surface area contributed by atoms with Gasteiger partial charge in [0.25, 0.3) is 0 Å². The summed E-state index contributed by atoms with van der Waals surface area (Å²) in [5, 5.41) is 3.16. The van der Waals surface area contributed by atoms with E-state index >= 15 is 0 Å². The Bertz CT molecular complexity index is 1370. The highest BCUT2D eigenvalue weighted by Crippen LogP contribution is 2.40. The van der Waals surface area contributed by atoms with Gasteiger partial charge in [-0.1, -0.05) is 38.3 Å². The number of methoxy groups -OCH3 is 1. The lowest BCUT2D eigenvalue weighted by Gasteiger charge is -2.26. The fourth-order valence-corrected chi connectivity index (χ4v) is 5.46. The topological polar surface area (TPSA) is 57.6 Å². The Balaban J connectivity index is 1.44. The third-order valence-electron chi connectivity index (χ3n) is 7.73. The fraction of sp³-hybridized carbons (Fsp3) is 0.394. The molecule has 0 radical (unpaired) electrons. The van der Waals surface area contributed by atoms with E-state index in [9.17, 15) is 4.79 Å². The summed E-state index contributed by atoms with van der Waals surface area (Å²) in [5.74, 6) is 3.56. The summed E-state index contributed by atoms with van der Waals surface area (Å²) in [5.41, 5.74) is 2.12. The maximum absolute atomic E-state index is 11.2. The van der Waals surface area contributed by atoms with Crippen LogP contribution in [0.15, 0.2) is 60.7 Å². The lowest BCUT2D eigenvalue weighted by atomic mass is 9.79. The molecule has 1 heterocycles. The van der Waals surface area contributed by atoms with Gasteiger partial charge in [0.05, 0.1) is 19.2 Å². The zero-order valence-electron chi connectivity index (χ0n) is 22.4. The molecule has 0 spiro atoms. The van der Waals surface area contributed by atoms with Crippen molar-refractivity contribution in [3.63, 3.8) is 0 Å². The fourth-order valence-electron chi connectivity index (χ4n) is 5.46. The molecule has 0 unspecified atom stereocenters. The number of aldehydes is 1. The van der Waals surface area contributed by atoms with Crippen molar-refractivity contribution >= 4 is 28.0 Å². The molecule has 0 atom stereocenters. The summed E-state index contributed by atoms with van der Waals surface area (Å²) in [4.78, 5) is 16.2. The van der Waals surface area contributed by atoms with Crippen LogP contribution < -0.4 is 14.2 Å². The van der Waals surface area contributed by atoms with Gasteiger partial charge < -0.3 is 19.0 Å². The smallest absolute Gasteiger partial charge is 0.227 e. The Morgan fingerprint density at radius 1 is 0.816 bits per heavy atom. The molecule has 1 saturated carbocycles. The summed E-state index contributed by atoms with van der Waals surface area (Å²) < 4.78 is 17.8. The number of fused-ring (bicyclic) bond motifs is 3. The highest BCUT2D eigenvalue weighted by molar-refractivity contribution is 6.08. The first-order valence-electron chi connectivity index (χ1n) is 14.0. The van der Waals surface area contributed by atoms with Crippen molar-refractivity contribution in [3.8, 4) is 23.1 Å². The molecule has 0 amide bonds. The van der Waals surface area contributed by atoms with Crippen molar-refractivity contribution in [2.45, 2.75) is 64.2 Å². The number of pyridine rings is 1. The molecule has 1 aromatic heterocycles. The molecule has 0 bridgehead atoms. The van der Waals surface area contributed by atoms with Crippen molar-refractivity contribution in [1.82, 2.24) is 4.98 Å². The van der Waals surface area contributed by atoms with Crippen LogP contribution in [0.25, 0.3) is 21.7 Å². The van der Waals surface area contributed by atoms with E-state index < -0.39 is 0 Å². The van der Waals surface area contributed by atoms with Gasteiger partial charge in [0.2, 0.25) is 5.88 Å². The number of carbonyl (C=O) groups excluding carboxylic acids is 1. The largest absolute Gasteiger partial charge is 0.497 e. The Kier molecular flexibility index (Phi) is 8.42. The van der Waals surface area contributed by atoms with Gasteiger partial charge >= 0.3 is 0 Å². The molecule has 5 rings (SSSR count). The molecule has 0 aliphatic heterocycles. The zero-order valence-corrected chi connectivity index (χ0v) is 22.4. The molecule has 0 saturated heterocycles. The van der Waals surface area contributed by atoms with Gasteiger partial charge in [0, 0.05) is 22.8 Å². The Hall–Kier alpha value is -3.60. The van der Waals surface area contributed by atoms with Gasteiger partial charge in [-0.25, -0.2) is 4.98 Å². The second-order valence-electron chi connectivity index (χ2n) is 10.3. The quantitative estimate of drug-likeness (QED) is 0.115. The highest BCUT2D eigenvalue weighted by atomic mass is 16.5. The molecular formula is C33H37NO4. The maximum Gasteiger partial charge on any atom is 0.227 e. The average Bonchev–Trinajstić information content (AvgIpc) is 2.97. The van der Waals surface area contributed by atoms with Crippen molar-refractivity contribution < 1.29 is 19.0 Å². The van der Waals surface area contributed by atoms with E-state index in [0.29, 0.717) is 11.8 Å². The molecule has 3 aromatic carbocycles. The predicted molar refractivity (Wildman–Crippen MR) is 153 cm³/mol.